The van der Waals surface area contributed by atoms with E-state index in [2.05, 4.69) is 15.1 Å². The van der Waals surface area contributed by atoms with Gasteiger partial charge in [-0.05, 0) is 30.7 Å². The summed E-state index contributed by atoms with van der Waals surface area (Å²) in [6.07, 6.45) is -4.48. The van der Waals surface area contributed by atoms with Gasteiger partial charge in [0, 0.05) is 10.6 Å². The summed E-state index contributed by atoms with van der Waals surface area (Å²) in [5, 5.41) is 7.16. The van der Waals surface area contributed by atoms with Gasteiger partial charge in [0.05, 0.1) is 11.4 Å². The Labute approximate surface area is 105 Å². The molecule has 0 aliphatic heterocycles. The number of nitrogens with zero attached hydrogens (tertiary/aromatic N) is 5. The van der Waals surface area contributed by atoms with E-state index in [0.717, 1.165) is 10.7 Å². The van der Waals surface area contributed by atoms with Gasteiger partial charge < -0.3 is 0 Å². The van der Waals surface area contributed by atoms with Gasteiger partial charge in [-0.25, -0.2) is 4.68 Å². The highest BCUT2D eigenvalue weighted by Crippen LogP contribution is 2.31. The summed E-state index contributed by atoms with van der Waals surface area (Å²) in [6, 6.07) is 6.64. The van der Waals surface area contributed by atoms with Crippen molar-refractivity contribution in [2.24, 2.45) is 5.11 Å². The monoisotopic (exact) mass is 267 g/mol. The van der Waals surface area contributed by atoms with Crippen molar-refractivity contribution < 1.29 is 13.2 Å². The highest BCUT2D eigenvalue weighted by Gasteiger charge is 2.35. The molecule has 2 rings (SSSR count). The van der Waals surface area contributed by atoms with Crippen LogP contribution < -0.4 is 0 Å². The van der Waals surface area contributed by atoms with Crippen LogP contribution in [-0.2, 0) is 6.18 Å². The Kier molecular flexibility index (Phi) is 3.18. The first kappa shape index (κ1) is 13.0. The number of halogens is 3. The van der Waals surface area contributed by atoms with Crippen LogP contribution in [0.3, 0.4) is 0 Å². The van der Waals surface area contributed by atoms with Crippen molar-refractivity contribution in [3.05, 3.63) is 52.2 Å². The molecule has 0 amide bonds. The van der Waals surface area contributed by atoms with Crippen LogP contribution in [0.1, 0.15) is 11.4 Å². The van der Waals surface area contributed by atoms with E-state index < -0.39 is 11.9 Å². The summed E-state index contributed by atoms with van der Waals surface area (Å²) in [7, 11) is 0. The van der Waals surface area contributed by atoms with Gasteiger partial charge in [0.2, 0.25) is 0 Å². The van der Waals surface area contributed by atoms with Crippen LogP contribution in [0.2, 0.25) is 0 Å². The van der Waals surface area contributed by atoms with Gasteiger partial charge in [-0.3, -0.25) is 0 Å². The molecule has 0 saturated carbocycles. The number of alkyl halides is 3. The molecule has 5 nitrogen and oxygen atoms in total. The van der Waals surface area contributed by atoms with Gasteiger partial charge in [0.15, 0.2) is 0 Å². The zero-order valence-electron chi connectivity index (χ0n) is 9.76. The Bertz CT molecular complexity index is 635. The first-order valence-electron chi connectivity index (χ1n) is 5.21. The molecule has 1 aromatic carbocycles. The number of benzene rings is 1. The minimum atomic E-state index is -4.48. The van der Waals surface area contributed by atoms with E-state index in [-0.39, 0.29) is 11.4 Å². The summed E-state index contributed by atoms with van der Waals surface area (Å²) in [5.74, 6) is 0. The standard InChI is InChI=1S/C11H8F3N5/c1-7-6-10(11(12,13)14)19(17-7)9-4-2-8(3-5-9)16-18-15/h2-6H,1H3. The van der Waals surface area contributed by atoms with Crippen LogP contribution in [0.25, 0.3) is 16.1 Å². The lowest BCUT2D eigenvalue weighted by Gasteiger charge is -2.10. The second kappa shape index (κ2) is 4.66. The fourth-order valence-corrected chi connectivity index (χ4v) is 1.61. The fraction of sp³-hybridized carbons (Fsp3) is 0.182. The summed E-state index contributed by atoms with van der Waals surface area (Å²) < 4.78 is 39.3. The average Bonchev–Trinajstić information content (AvgIpc) is 2.73. The molecule has 98 valence electrons. The van der Waals surface area contributed by atoms with Crippen LogP contribution in [0.5, 0.6) is 0 Å². The highest BCUT2D eigenvalue weighted by molar-refractivity contribution is 5.45. The molecule has 1 heterocycles. The SMILES string of the molecule is Cc1cc(C(F)(F)F)n(-c2ccc(N=[N+]=[N-])cc2)n1. The Morgan fingerprint density at radius 1 is 1.26 bits per heavy atom. The molecule has 0 spiro atoms. The molecule has 0 aliphatic carbocycles. The molecule has 2 aromatic rings. The third-order valence-corrected chi connectivity index (χ3v) is 2.38. The average molecular weight is 267 g/mol. The van der Waals surface area contributed by atoms with Crippen molar-refractivity contribution in [1.29, 1.82) is 0 Å². The van der Waals surface area contributed by atoms with Crippen LogP contribution in [0.15, 0.2) is 35.4 Å². The molecule has 19 heavy (non-hydrogen) atoms. The second-order valence-corrected chi connectivity index (χ2v) is 3.79. The zero-order chi connectivity index (χ0) is 14.0. The van der Waals surface area contributed by atoms with E-state index in [1.807, 2.05) is 0 Å². The Morgan fingerprint density at radius 3 is 2.42 bits per heavy atom. The van der Waals surface area contributed by atoms with Crippen molar-refractivity contribution in [2.75, 3.05) is 0 Å². The van der Waals surface area contributed by atoms with Crippen molar-refractivity contribution in [1.82, 2.24) is 9.78 Å². The van der Waals surface area contributed by atoms with Crippen LogP contribution in [0, 0.1) is 6.92 Å². The fourth-order valence-electron chi connectivity index (χ4n) is 1.61. The van der Waals surface area contributed by atoms with E-state index in [0.29, 0.717) is 5.69 Å². The quantitative estimate of drug-likeness (QED) is 0.458. The number of hydrogen-bond donors (Lipinski definition) is 0. The number of aryl methyl sites for hydroxylation is 1. The Hall–Kier alpha value is -2.47. The number of aromatic nitrogens is 2. The molecule has 0 bridgehead atoms. The van der Waals surface area contributed by atoms with E-state index >= 15 is 0 Å². The molecule has 0 fully saturated rings. The highest BCUT2D eigenvalue weighted by atomic mass is 19.4. The molecule has 8 heteroatoms. The van der Waals surface area contributed by atoms with E-state index in [9.17, 15) is 13.2 Å². The van der Waals surface area contributed by atoms with Crippen LogP contribution in [-0.4, -0.2) is 9.78 Å². The van der Waals surface area contributed by atoms with Crippen LogP contribution in [0.4, 0.5) is 18.9 Å². The third-order valence-electron chi connectivity index (χ3n) is 2.38. The van der Waals surface area contributed by atoms with E-state index in [4.69, 9.17) is 5.53 Å². The molecule has 1 aromatic heterocycles. The van der Waals surface area contributed by atoms with E-state index in [1.165, 1.54) is 31.2 Å². The maximum Gasteiger partial charge on any atom is 0.433 e. The topological polar surface area (TPSA) is 66.6 Å². The van der Waals surface area contributed by atoms with Gasteiger partial charge in [-0.15, -0.1) is 0 Å². The van der Waals surface area contributed by atoms with Gasteiger partial charge in [0.1, 0.15) is 5.69 Å². The molecule has 0 aliphatic rings. The number of rotatable bonds is 2. The normalized spacial score (nSPS) is 11.2. The predicted molar refractivity (Wildman–Crippen MR) is 62.1 cm³/mol. The molecule has 0 N–H and O–H groups in total. The molecular weight excluding hydrogens is 259 g/mol. The minimum absolute atomic E-state index is 0.248. The first-order chi connectivity index (χ1) is 8.91. The maximum atomic E-state index is 12.8. The summed E-state index contributed by atoms with van der Waals surface area (Å²) >= 11 is 0. The second-order valence-electron chi connectivity index (χ2n) is 3.79. The lowest BCUT2D eigenvalue weighted by atomic mass is 10.3. The Morgan fingerprint density at radius 2 is 1.89 bits per heavy atom. The summed E-state index contributed by atoms with van der Waals surface area (Å²) in [6.45, 7) is 1.49. The van der Waals surface area contributed by atoms with Crippen molar-refractivity contribution in [3.63, 3.8) is 0 Å². The van der Waals surface area contributed by atoms with Gasteiger partial charge >= 0.3 is 6.18 Å². The lowest BCUT2D eigenvalue weighted by Crippen LogP contribution is -2.13. The molecule has 0 unspecified atom stereocenters. The van der Waals surface area contributed by atoms with Crippen LogP contribution >= 0.6 is 0 Å². The molecule has 0 atom stereocenters. The molecule has 0 radical (unpaired) electrons. The summed E-state index contributed by atoms with van der Waals surface area (Å²) in [4.78, 5) is 2.59. The van der Waals surface area contributed by atoms with E-state index in [1.54, 1.807) is 0 Å². The van der Waals surface area contributed by atoms with Crippen molar-refractivity contribution in [3.8, 4) is 5.69 Å². The molecular formula is C11H8F3N5. The minimum Gasteiger partial charge on any atom is -0.228 e. The lowest BCUT2D eigenvalue weighted by molar-refractivity contribution is -0.142. The first-order valence-corrected chi connectivity index (χ1v) is 5.21. The number of azide groups is 1. The third kappa shape index (κ3) is 2.69. The maximum absolute atomic E-state index is 12.8. The molecule has 0 saturated heterocycles. The smallest absolute Gasteiger partial charge is 0.228 e. The number of hydrogen-bond acceptors (Lipinski definition) is 2. The summed E-state index contributed by atoms with van der Waals surface area (Å²) in [5.41, 5.74) is 8.25. The van der Waals surface area contributed by atoms with Gasteiger partial charge in [-0.2, -0.15) is 18.3 Å². The largest absolute Gasteiger partial charge is 0.433 e. The van der Waals surface area contributed by atoms with Gasteiger partial charge in [-0.1, -0.05) is 17.2 Å². The zero-order valence-corrected chi connectivity index (χ0v) is 9.76. The van der Waals surface area contributed by atoms with Crippen molar-refractivity contribution in [2.45, 2.75) is 13.1 Å². The predicted octanol–water partition coefficient (Wildman–Crippen LogP) is 4.14. The van der Waals surface area contributed by atoms with Gasteiger partial charge in [0.25, 0.3) is 0 Å². The Balaban J connectivity index is 2.50. The van der Waals surface area contributed by atoms with Crippen molar-refractivity contribution >= 4 is 5.69 Å².